The molecule has 3 aromatic rings. The van der Waals surface area contributed by atoms with Gasteiger partial charge < -0.3 is 20.1 Å². The van der Waals surface area contributed by atoms with E-state index < -0.39 is 17.7 Å². The molecule has 1 saturated heterocycles. The zero-order valence-electron chi connectivity index (χ0n) is 22.5. The van der Waals surface area contributed by atoms with Crippen LogP contribution < -0.4 is 10.6 Å². The summed E-state index contributed by atoms with van der Waals surface area (Å²) in [6.45, 7) is 3.29. The van der Waals surface area contributed by atoms with E-state index in [0.29, 0.717) is 66.0 Å². The van der Waals surface area contributed by atoms with Gasteiger partial charge in [0.25, 0.3) is 0 Å². The molecule has 2 amide bonds. The van der Waals surface area contributed by atoms with E-state index in [-0.39, 0.29) is 23.9 Å². The fourth-order valence-electron chi connectivity index (χ4n) is 5.79. The van der Waals surface area contributed by atoms with E-state index in [1.165, 1.54) is 6.07 Å². The fraction of sp³-hybridized carbons (Fsp3) is 0.433. The number of imidazole rings is 1. The predicted octanol–water partition coefficient (Wildman–Crippen LogP) is 5.38. The minimum atomic E-state index is -0.557. The molecule has 5 rings (SSSR count). The Morgan fingerprint density at radius 1 is 1.20 bits per heavy atom. The molecule has 0 bridgehead atoms. The van der Waals surface area contributed by atoms with Crippen LogP contribution in [-0.4, -0.2) is 44.9 Å². The highest BCUT2D eigenvalue weighted by Crippen LogP contribution is 2.29. The Morgan fingerprint density at radius 3 is 2.77 bits per heavy atom. The molecule has 1 aliphatic heterocycles. The molecule has 1 aromatic heterocycles. The van der Waals surface area contributed by atoms with Crippen molar-refractivity contribution in [2.45, 2.75) is 76.5 Å². The molecule has 2 heterocycles. The number of hydrogen-bond donors (Lipinski definition) is 2. The van der Waals surface area contributed by atoms with Crippen LogP contribution in [0.5, 0.6) is 0 Å². The van der Waals surface area contributed by atoms with Gasteiger partial charge in [0.1, 0.15) is 17.7 Å². The summed E-state index contributed by atoms with van der Waals surface area (Å²) in [6, 6.07) is 11.3. The molecule has 7 nitrogen and oxygen atoms in total. The van der Waals surface area contributed by atoms with E-state index in [4.69, 9.17) is 0 Å². The highest BCUT2D eigenvalue weighted by Gasteiger charge is 2.32. The number of likely N-dealkylation sites (tertiary alicyclic amines) is 1. The first-order chi connectivity index (χ1) is 19.3. The molecule has 40 heavy (non-hydrogen) atoms. The second kappa shape index (κ2) is 12.8. The van der Waals surface area contributed by atoms with Crippen LogP contribution in [-0.2, 0) is 29.0 Å². The third-order valence-electron chi connectivity index (χ3n) is 7.79. The minimum absolute atomic E-state index is 0.0542. The number of halogens is 3. The minimum Gasteiger partial charge on any atom is -0.337 e. The lowest BCUT2D eigenvalue weighted by molar-refractivity contribution is -0.138. The van der Waals surface area contributed by atoms with Gasteiger partial charge in [-0.1, -0.05) is 43.7 Å². The number of aryl methyl sites for hydroxylation is 1. The highest BCUT2D eigenvalue weighted by molar-refractivity contribution is 14.1. The second-order valence-electron chi connectivity index (χ2n) is 10.7. The monoisotopic (exact) mass is 661 g/mol. The van der Waals surface area contributed by atoms with Gasteiger partial charge in [0.05, 0.1) is 6.04 Å². The van der Waals surface area contributed by atoms with Crippen LogP contribution in [0.2, 0.25) is 0 Å². The molecule has 1 unspecified atom stereocenters. The number of amides is 2. The summed E-state index contributed by atoms with van der Waals surface area (Å²) in [4.78, 5) is 33.1. The molecule has 0 spiro atoms. The van der Waals surface area contributed by atoms with Crippen LogP contribution in [0.1, 0.15) is 61.8 Å². The molecule has 212 valence electrons. The maximum absolute atomic E-state index is 14.4. The fourth-order valence-corrected chi connectivity index (χ4v) is 6.53. The average molecular weight is 662 g/mol. The van der Waals surface area contributed by atoms with E-state index in [1.54, 1.807) is 6.20 Å². The zero-order valence-corrected chi connectivity index (χ0v) is 24.7. The smallest absolute Gasteiger partial charge is 0.246 e. The van der Waals surface area contributed by atoms with E-state index in [9.17, 15) is 18.4 Å². The number of benzene rings is 2. The lowest BCUT2D eigenvalue weighted by atomic mass is 9.87. The van der Waals surface area contributed by atoms with Crippen molar-refractivity contribution < 1.29 is 18.4 Å². The van der Waals surface area contributed by atoms with Gasteiger partial charge >= 0.3 is 0 Å². The Labute approximate surface area is 246 Å². The first-order valence-electron chi connectivity index (χ1n) is 13.9. The predicted molar refractivity (Wildman–Crippen MR) is 158 cm³/mol. The molecular formula is C30H34F2IN5O2. The Hall–Kier alpha value is -2.86. The molecule has 2 N–H and O–H groups in total. The molecule has 1 fully saturated rings. The largest absolute Gasteiger partial charge is 0.337 e. The zero-order chi connectivity index (χ0) is 28.2. The summed E-state index contributed by atoms with van der Waals surface area (Å²) in [5, 5.41) is 6.34. The van der Waals surface area contributed by atoms with Crippen LogP contribution in [0.3, 0.4) is 0 Å². The maximum Gasteiger partial charge on any atom is 0.246 e. The SMILES string of the molecule is CCC[C@H](N[C@H]1CCc2cc(F)cc(F)c2C1)C(=O)Nc1cn(C2CCCN(Cc3ccccc3)C2=O)c(I)n1. The summed E-state index contributed by atoms with van der Waals surface area (Å²) in [6.07, 6.45) is 6.40. The molecule has 3 atom stereocenters. The number of fused-ring (bicyclic) bond motifs is 1. The normalized spacial score (nSPS) is 19.8. The summed E-state index contributed by atoms with van der Waals surface area (Å²) >= 11 is 2.11. The topological polar surface area (TPSA) is 79.3 Å². The van der Waals surface area contributed by atoms with Crippen molar-refractivity contribution in [1.82, 2.24) is 19.8 Å². The van der Waals surface area contributed by atoms with Gasteiger partial charge in [0.15, 0.2) is 9.65 Å². The van der Waals surface area contributed by atoms with Gasteiger partial charge in [-0.15, -0.1) is 0 Å². The van der Waals surface area contributed by atoms with Crippen LogP contribution in [0.15, 0.2) is 48.7 Å². The van der Waals surface area contributed by atoms with Crippen molar-refractivity contribution in [3.63, 3.8) is 0 Å². The highest BCUT2D eigenvalue weighted by atomic mass is 127. The number of carbonyl (C=O) groups excluding carboxylic acids is 2. The van der Waals surface area contributed by atoms with E-state index >= 15 is 0 Å². The Bertz CT molecular complexity index is 1370. The van der Waals surface area contributed by atoms with Crippen molar-refractivity contribution in [3.8, 4) is 0 Å². The first kappa shape index (κ1) is 28.7. The third-order valence-corrected chi connectivity index (χ3v) is 8.59. The average Bonchev–Trinajstić information content (AvgIpc) is 3.29. The number of nitrogens with zero attached hydrogens (tertiary/aromatic N) is 3. The first-order valence-corrected chi connectivity index (χ1v) is 15.0. The van der Waals surface area contributed by atoms with Gasteiger partial charge in [0.2, 0.25) is 11.8 Å². The van der Waals surface area contributed by atoms with Gasteiger partial charge in [-0.05, 0) is 61.3 Å². The van der Waals surface area contributed by atoms with Crippen LogP contribution in [0, 0.1) is 15.5 Å². The number of anilines is 1. The molecular weight excluding hydrogens is 627 g/mol. The third kappa shape index (κ3) is 6.54. The van der Waals surface area contributed by atoms with Crippen LogP contribution >= 0.6 is 22.6 Å². The molecule has 2 aromatic carbocycles. The van der Waals surface area contributed by atoms with Crippen LogP contribution in [0.25, 0.3) is 0 Å². The summed E-state index contributed by atoms with van der Waals surface area (Å²) in [7, 11) is 0. The summed E-state index contributed by atoms with van der Waals surface area (Å²) in [5.41, 5.74) is 2.31. The standard InChI is InChI=1S/C30H34F2IN5O2/c1-2-7-25(34-22-12-11-20-14-21(31)15-24(32)23(20)16-22)28(39)35-27-18-38(30(33)36-27)26-10-6-13-37(29(26)40)17-19-8-4-3-5-9-19/h3-5,8-9,14-15,18,22,25-26,34H,2,6-7,10-13,16-17H2,1H3,(H,35,39)/t22-,25-,26?/m0/s1. The number of nitrogens with one attached hydrogen (secondary N) is 2. The molecule has 0 radical (unpaired) electrons. The van der Waals surface area contributed by atoms with Crippen molar-refractivity contribution in [3.05, 3.63) is 80.8 Å². The number of rotatable bonds is 9. The van der Waals surface area contributed by atoms with Crippen LogP contribution in [0.4, 0.5) is 14.6 Å². The number of carbonyl (C=O) groups is 2. The number of aromatic nitrogens is 2. The molecule has 10 heteroatoms. The Morgan fingerprint density at radius 2 is 2.00 bits per heavy atom. The lowest BCUT2D eigenvalue weighted by Gasteiger charge is -2.33. The van der Waals surface area contributed by atoms with E-state index in [1.807, 2.05) is 46.7 Å². The maximum atomic E-state index is 14.4. The van der Waals surface area contributed by atoms with Gasteiger partial charge in [-0.25, -0.2) is 13.8 Å². The van der Waals surface area contributed by atoms with Gasteiger partial charge in [-0.2, -0.15) is 0 Å². The van der Waals surface area contributed by atoms with E-state index in [0.717, 1.165) is 24.5 Å². The molecule has 0 saturated carbocycles. The van der Waals surface area contributed by atoms with Crippen molar-refractivity contribution >= 4 is 40.2 Å². The lowest BCUT2D eigenvalue weighted by Crippen LogP contribution is -2.48. The van der Waals surface area contributed by atoms with Crippen molar-refractivity contribution in [2.75, 3.05) is 11.9 Å². The molecule has 1 aliphatic carbocycles. The second-order valence-corrected chi connectivity index (χ2v) is 11.6. The Kier molecular flexibility index (Phi) is 9.14. The Balaban J connectivity index is 1.24. The summed E-state index contributed by atoms with van der Waals surface area (Å²) < 4.78 is 30.5. The van der Waals surface area contributed by atoms with Crippen molar-refractivity contribution in [2.24, 2.45) is 0 Å². The number of hydrogen-bond acceptors (Lipinski definition) is 4. The summed E-state index contributed by atoms with van der Waals surface area (Å²) in [5.74, 6) is -0.843. The van der Waals surface area contributed by atoms with Gasteiger partial charge in [-0.3, -0.25) is 9.59 Å². The number of piperidine rings is 1. The van der Waals surface area contributed by atoms with Crippen molar-refractivity contribution in [1.29, 1.82) is 0 Å². The van der Waals surface area contributed by atoms with Gasteiger partial charge in [0, 0.05) is 54.0 Å². The molecule has 2 aliphatic rings. The quantitative estimate of drug-likeness (QED) is 0.302. The van der Waals surface area contributed by atoms with E-state index in [2.05, 4.69) is 38.2 Å².